The number of carbonyl (C=O) groups is 2. The van der Waals surface area contributed by atoms with Gasteiger partial charge in [-0.1, -0.05) is 66.2 Å². The number of ether oxygens (including phenoxy) is 2. The largest absolute Gasteiger partial charge is 0.490 e. The molecule has 2 amide bonds. The highest BCUT2D eigenvalue weighted by atomic mass is 16.5. The molecule has 3 rings (SSSR count). The van der Waals surface area contributed by atoms with E-state index < -0.39 is 6.04 Å². The topological polar surface area (TPSA) is 67.9 Å². The molecule has 0 heterocycles. The molecule has 0 aliphatic rings. The van der Waals surface area contributed by atoms with E-state index in [9.17, 15) is 9.59 Å². The summed E-state index contributed by atoms with van der Waals surface area (Å²) < 4.78 is 11.4. The molecule has 0 aromatic heterocycles. The van der Waals surface area contributed by atoms with Crippen molar-refractivity contribution in [1.82, 2.24) is 10.2 Å². The molecule has 0 bridgehead atoms. The monoisotopic (exact) mass is 516 g/mol. The van der Waals surface area contributed by atoms with E-state index in [4.69, 9.17) is 9.47 Å². The van der Waals surface area contributed by atoms with E-state index >= 15 is 0 Å². The predicted octanol–water partition coefficient (Wildman–Crippen LogP) is 5.50. The molecule has 1 N–H and O–H groups in total. The van der Waals surface area contributed by atoms with Crippen molar-refractivity contribution in [2.24, 2.45) is 0 Å². The molecule has 6 heteroatoms. The SMILES string of the molecule is CCNC(=O)C(Cc1ccccc1)N(Cc1ccc(C)cc1)C(=O)CCc1ccc(OCC)c(OCC)c1. The molecule has 0 radical (unpaired) electrons. The van der Waals surface area contributed by atoms with E-state index in [1.807, 2.05) is 100 Å². The summed E-state index contributed by atoms with van der Waals surface area (Å²) in [6, 6.07) is 23.2. The molecule has 1 unspecified atom stereocenters. The number of rotatable bonds is 14. The van der Waals surface area contributed by atoms with Crippen LogP contribution in [0.1, 0.15) is 49.4 Å². The Morgan fingerprint density at radius 3 is 2.13 bits per heavy atom. The molecule has 3 aromatic carbocycles. The van der Waals surface area contributed by atoms with Gasteiger partial charge in [-0.2, -0.15) is 0 Å². The zero-order valence-corrected chi connectivity index (χ0v) is 23.0. The van der Waals surface area contributed by atoms with Gasteiger partial charge >= 0.3 is 0 Å². The van der Waals surface area contributed by atoms with Gasteiger partial charge in [0.1, 0.15) is 6.04 Å². The molecule has 38 heavy (non-hydrogen) atoms. The predicted molar refractivity (Wildman–Crippen MR) is 151 cm³/mol. The van der Waals surface area contributed by atoms with E-state index in [1.165, 1.54) is 0 Å². The molecule has 0 saturated carbocycles. The van der Waals surface area contributed by atoms with Gasteiger partial charge in [-0.15, -0.1) is 0 Å². The highest BCUT2D eigenvalue weighted by Gasteiger charge is 2.30. The summed E-state index contributed by atoms with van der Waals surface area (Å²) in [4.78, 5) is 28.8. The number of likely N-dealkylation sites (N-methyl/N-ethyl adjacent to an activating group) is 1. The Balaban J connectivity index is 1.87. The number of hydrogen-bond donors (Lipinski definition) is 1. The zero-order valence-electron chi connectivity index (χ0n) is 23.0. The third-order valence-corrected chi connectivity index (χ3v) is 6.33. The van der Waals surface area contributed by atoms with Crippen LogP contribution in [0.4, 0.5) is 0 Å². The maximum atomic E-state index is 13.8. The quantitative estimate of drug-likeness (QED) is 0.307. The van der Waals surface area contributed by atoms with Crippen LogP contribution in [0.3, 0.4) is 0 Å². The van der Waals surface area contributed by atoms with Crippen LogP contribution in [0.15, 0.2) is 72.8 Å². The highest BCUT2D eigenvalue weighted by molar-refractivity contribution is 5.88. The lowest BCUT2D eigenvalue weighted by atomic mass is 10.0. The minimum absolute atomic E-state index is 0.0652. The molecule has 0 spiro atoms. The molecule has 1 atom stereocenters. The van der Waals surface area contributed by atoms with Gasteiger partial charge in [0.25, 0.3) is 0 Å². The summed E-state index contributed by atoms with van der Waals surface area (Å²) in [7, 11) is 0. The average molecular weight is 517 g/mol. The first-order valence-corrected chi connectivity index (χ1v) is 13.5. The van der Waals surface area contributed by atoms with Crippen LogP contribution in [0.25, 0.3) is 0 Å². The number of hydrogen-bond acceptors (Lipinski definition) is 4. The van der Waals surface area contributed by atoms with Crippen molar-refractivity contribution < 1.29 is 19.1 Å². The minimum Gasteiger partial charge on any atom is -0.490 e. The van der Waals surface area contributed by atoms with Crippen molar-refractivity contribution in [3.63, 3.8) is 0 Å². The Morgan fingerprint density at radius 2 is 1.47 bits per heavy atom. The fraction of sp³-hybridized carbons (Fsp3) is 0.375. The standard InChI is InChI=1S/C32H40N2O4/c1-5-33-32(36)28(21-25-11-9-8-10-12-25)34(23-27-15-13-24(4)14-16-27)31(35)20-18-26-17-19-29(37-6-2)30(22-26)38-7-3/h8-17,19,22,28H,5-7,18,20-21,23H2,1-4H3,(H,33,36). The van der Waals surface area contributed by atoms with Gasteiger partial charge in [0, 0.05) is 25.9 Å². The second-order valence-corrected chi connectivity index (χ2v) is 9.25. The van der Waals surface area contributed by atoms with Crippen LogP contribution < -0.4 is 14.8 Å². The molecule has 202 valence electrons. The van der Waals surface area contributed by atoms with Gasteiger partial charge in [0.05, 0.1) is 13.2 Å². The molecule has 0 saturated heterocycles. The first-order valence-electron chi connectivity index (χ1n) is 13.5. The third-order valence-electron chi connectivity index (χ3n) is 6.33. The fourth-order valence-corrected chi connectivity index (χ4v) is 4.38. The van der Waals surface area contributed by atoms with Crippen LogP contribution in [-0.4, -0.2) is 42.5 Å². The first kappa shape index (κ1) is 28.8. The first-order chi connectivity index (χ1) is 18.4. The Hall–Kier alpha value is -3.80. The Kier molecular flexibility index (Phi) is 11.2. The van der Waals surface area contributed by atoms with Crippen LogP contribution >= 0.6 is 0 Å². The van der Waals surface area contributed by atoms with E-state index in [1.54, 1.807) is 4.90 Å². The lowest BCUT2D eigenvalue weighted by molar-refractivity contribution is -0.141. The lowest BCUT2D eigenvalue weighted by Gasteiger charge is -2.31. The second-order valence-electron chi connectivity index (χ2n) is 9.25. The van der Waals surface area contributed by atoms with Crippen molar-refractivity contribution in [2.75, 3.05) is 19.8 Å². The number of carbonyl (C=O) groups excluding carboxylic acids is 2. The number of amides is 2. The summed E-state index contributed by atoms with van der Waals surface area (Å²) >= 11 is 0. The number of nitrogens with zero attached hydrogens (tertiary/aromatic N) is 1. The van der Waals surface area contributed by atoms with Gasteiger partial charge in [0.15, 0.2) is 11.5 Å². The van der Waals surface area contributed by atoms with E-state index in [0.717, 1.165) is 22.3 Å². The highest BCUT2D eigenvalue weighted by Crippen LogP contribution is 2.29. The summed E-state index contributed by atoms with van der Waals surface area (Å²) in [6.07, 6.45) is 1.25. The van der Waals surface area contributed by atoms with Gasteiger partial charge in [-0.25, -0.2) is 0 Å². The van der Waals surface area contributed by atoms with Crippen molar-refractivity contribution in [1.29, 1.82) is 0 Å². The van der Waals surface area contributed by atoms with Crippen LogP contribution in [0, 0.1) is 6.92 Å². The normalized spacial score (nSPS) is 11.5. The molecule has 0 aliphatic heterocycles. The minimum atomic E-state index is -0.620. The zero-order chi connectivity index (χ0) is 27.3. The Bertz CT molecular complexity index is 1160. The number of aryl methyl sites for hydroxylation is 2. The van der Waals surface area contributed by atoms with E-state index in [0.29, 0.717) is 50.6 Å². The van der Waals surface area contributed by atoms with E-state index in [2.05, 4.69) is 5.32 Å². The van der Waals surface area contributed by atoms with Gasteiger partial charge < -0.3 is 19.7 Å². The summed E-state index contributed by atoms with van der Waals surface area (Å²) in [6.45, 7) is 9.74. The second kappa shape index (κ2) is 14.8. The van der Waals surface area contributed by atoms with Crippen molar-refractivity contribution in [2.45, 2.75) is 59.5 Å². The molecular formula is C32H40N2O4. The smallest absolute Gasteiger partial charge is 0.243 e. The fourth-order valence-electron chi connectivity index (χ4n) is 4.38. The van der Waals surface area contributed by atoms with Crippen molar-refractivity contribution >= 4 is 11.8 Å². The number of benzene rings is 3. The summed E-state index contributed by atoms with van der Waals surface area (Å²) in [5.41, 5.74) is 4.14. The van der Waals surface area contributed by atoms with Crippen LogP contribution in [0.5, 0.6) is 11.5 Å². The summed E-state index contributed by atoms with van der Waals surface area (Å²) in [5.74, 6) is 1.17. The molecular weight excluding hydrogens is 476 g/mol. The molecule has 0 fully saturated rings. The Morgan fingerprint density at radius 1 is 0.816 bits per heavy atom. The van der Waals surface area contributed by atoms with E-state index in [-0.39, 0.29) is 18.2 Å². The van der Waals surface area contributed by atoms with Gasteiger partial charge in [-0.3, -0.25) is 9.59 Å². The molecule has 0 aliphatic carbocycles. The van der Waals surface area contributed by atoms with Crippen molar-refractivity contribution in [3.05, 3.63) is 95.1 Å². The Labute approximate surface area is 227 Å². The molecule has 3 aromatic rings. The summed E-state index contributed by atoms with van der Waals surface area (Å²) in [5, 5.41) is 2.95. The third kappa shape index (κ3) is 8.37. The van der Waals surface area contributed by atoms with Crippen molar-refractivity contribution in [3.8, 4) is 11.5 Å². The van der Waals surface area contributed by atoms with Crippen LogP contribution in [-0.2, 0) is 29.0 Å². The molecule has 6 nitrogen and oxygen atoms in total. The maximum Gasteiger partial charge on any atom is 0.243 e. The van der Waals surface area contributed by atoms with Gasteiger partial charge in [0.2, 0.25) is 11.8 Å². The average Bonchev–Trinajstić information content (AvgIpc) is 2.92. The maximum absolute atomic E-state index is 13.8. The lowest BCUT2D eigenvalue weighted by Crippen LogP contribution is -2.50. The van der Waals surface area contributed by atoms with Gasteiger partial charge in [-0.05, 0) is 62.9 Å². The number of nitrogens with one attached hydrogen (secondary N) is 1. The van der Waals surface area contributed by atoms with Crippen LogP contribution in [0.2, 0.25) is 0 Å².